The molecule has 0 N–H and O–H groups in total. The topological polar surface area (TPSA) is 9.23 Å². The highest BCUT2D eigenvalue weighted by molar-refractivity contribution is 5.24. The Bertz CT molecular complexity index is 385. The Morgan fingerprint density at radius 3 is 2.71 bits per heavy atom. The molecule has 0 heterocycles. The molecule has 0 saturated heterocycles. The minimum Gasteiger partial charge on any atom is -0.481 e. The quantitative estimate of drug-likeness (QED) is 0.637. The second-order valence-electron chi connectivity index (χ2n) is 2.42. The van der Waals surface area contributed by atoms with Gasteiger partial charge in [-0.3, -0.25) is 0 Å². The van der Waals surface area contributed by atoms with Crippen LogP contribution in [0.15, 0.2) is 42.5 Å². The maximum atomic E-state index is 5.33. The van der Waals surface area contributed by atoms with Crippen molar-refractivity contribution in [2.45, 2.75) is 0 Å². The first-order chi connectivity index (χ1) is 6.93. The van der Waals surface area contributed by atoms with Gasteiger partial charge in [0.05, 0.1) is 0 Å². The van der Waals surface area contributed by atoms with Gasteiger partial charge in [0.2, 0.25) is 0 Å². The van der Waals surface area contributed by atoms with Crippen molar-refractivity contribution in [1.82, 2.24) is 0 Å². The fourth-order valence-corrected chi connectivity index (χ4v) is 0.827. The highest BCUT2D eigenvalue weighted by Gasteiger charge is 1.85. The second kappa shape index (κ2) is 6.40. The van der Waals surface area contributed by atoms with E-state index in [4.69, 9.17) is 11.2 Å². The summed E-state index contributed by atoms with van der Waals surface area (Å²) >= 11 is 0. The van der Waals surface area contributed by atoms with E-state index in [-0.39, 0.29) is 0 Å². The summed E-state index contributed by atoms with van der Waals surface area (Å²) < 4.78 is 5.33. The van der Waals surface area contributed by atoms with Crippen LogP contribution in [0.2, 0.25) is 0 Å². The number of benzene rings is 1. The second-order valence-corrected chi connectivity index (χ2v) is 2.42. The van der Waals surface area contributed by atoms with Crippen molar-refractivity contribution in [3.8, 4) is 29.9 Å². The summed E-state index contributed by atoms with van der Waals surface area (Å²) in [7, 11) is 0. The number of allylic oxidation sites excluding steroid dienone is 2. The maximum absolute atomic E-state index is 5.33. The Morgan fingerprint density at radius 2 is 2.00 bits per heavy atom. The summed E-state index contributed by atoms with van der Waals surface area (Å²) in [5, 5.41) is 0. The first-order valence-corrected chi connectivity index (χ1v) is 4.21. The fraction of sp³-hybridized carbons (Fsp3) is 0.0769. The summed E-state index contributed by atoms with van der Waals surface area (Å²) in [6.07, 6.45) is 8.17. The van der Waals surface area contributed by atoms with Gasteiger partial charge in [0.15, 0.2) is 0 Å². The van der Waals surface area contributed by atoms with Crippen LogP contribution < -0.4 is 4.74 Å². The normalized spacial score (nSPS) is 8.79. The number of hydrogen-bond donors (Lipinski definition) is 0. The molecule has 0 radical (unpaired) electrons. The molecule has 0 amide bonds. The largest absolute Gasteiger partial charge is 0.481 e. The SMILES string of the molecule is C#C/C=C/C#CCOc1ccccc1. The summed E-state index contributed by atoms with van der Waals surface area (Å²) in [4.78, 5) is 0. The number of terminal acetylenes is 1. The van der Waals surface area contributed by atoms with E-state index < -0.39 is 0 Å². The smallest absolute Gasteiger partial charge is 0.149 e. The zero-order chi connectivity index (χ0) is 10.1. The van der Waals surface area contributed by atoms with Crippen LogP contribution in [0, 0.1) is 24.2 Å². The van der Waals surface area contributed by atoms with Gasteiger partial charge in [-0.15, -0.1) is 6.42 Å². The number of rotatable bonds is 2. The van der Waals surface area contributed by atoms with E-state index >= 15 is 0 Å². The van der Waals surface area contributed by atoms with Gasteiger partial charge in [-0.1, -0.05) is 36.0 Å². The lowest BCUT2D eigenvalue weighted by Gasteiger charge is -1.98. The van der Waals surface area contributed by atoms with Gasteiger partial charge < -0.3 is 4.74 Å². The maximum Gasteiger partial charge on any atom is 0.149 e. The average molecular weight is 182 g/mol. The molecule has 0 saturated carbocycles. The van der Waals surface area contributed by atoms with Crippen LogP contribution in [0.25, 0.3) is 0 Å². The van der Waals surface area contributed by atoms with Crippen LogP contribution in [0.4, 0.5) is 0 Å². The predicted octanol–water partition coefficient (Wildman–Crippen LogP) is 2.26. The van der Waals surface area contributed by atoms with Crippen LogP contribution in [0.3, 0.4) is 0 Å². The van der Waals surface area contributed by atoms with Gasteiger partial charge >= 0.3 is 0 Å². The Kier molecular flexibility index (Phi) is 4.56. The average Bonchev–Trinajstić information content (AvgIpc) is 2.25. The zero-order valence-electron chi connectivity index (χ0n) is 7.73. The Balaban J connectivity index is 2.32. The summed E-state index contributed by atoms with van der Waals surface area (Å²) in [6.45, 7) is 0.374. The van der Waals surface area contributed by atoms with Crippen molar-refractivity contribution in [2.75, 3.05) is 6.61 Å². The molecule has 1 aromatic rings. The van der Waals surface area contributed by atoms with Crippen LogP contribution in [-0.2, 0) is 0 Å². The third-order valence-corrected chi connectivity index (χ3v) is 1.42. The lowest BCUT2D eigenvalue weighted by molar-refractivity contribution is 0.370. The van der Waals surface area contributed by atoms with Gasteiger partial charge in [0.25, 0.3) is 0 Å². The van der Waals surface area contributed by atoms with Crippen molar-refractivity contribution < 1.29 is 4.74 Å². The van der Waals surface area contributed by atoms with Gasteiger partial charge in [0.1, 0.15) is 12.4 Å². The first-order valence-electron chi connectivity index (χ1n) is 4.21. The molecule has 0 aliphatic carbocycles. The van der Waals surface area contributed by atoms with Gasteiger partial charge in [-0.2, -0.15) is 0 Å². The molecular weight excluding hydrogens is 172 g/mol. The van der Waals surface area contributed by atoms with Crippen LogP contribution in [0.5, 0.6) is 5.75 Å². The first kappa shape index (κ1) is 9.96. The molecule has 0 aliphatic heterocycles. The molecule has 1 aromatic carbocycles. The Hall–Kier alpha value is -2.12. The van der Waals surface area contributed by atoms with E-state index in [1.165, 1.54) is 0 Å². The predicted molar refractivity (Wildman–Crippen MR) is 57.7 cm³/mol. The third-order valence-electron chi connectivity index (χ3n) is 1.42. The van der Waals surface area contributed by atoms with Crippen molar-refractivity contribution in [3.05, 3.63) is 42.5 Å². The van der Waals surface area contributed by atoms with E-state index in [9.17, 15) is 0 Å². The molecule has 0 aliphatic rings. The van der Waals surface area contributed by atoms with E-state index in [0.29, 0.717) is 6.61 Å². The zero-order valence-corrected chi connectivity index (χ0v) is 7.73. The Morgan fingerprint density at radius 1 is 1.21 bits per heavy atom. The van der Waals surface area contributed by atoms with Crippen LogP contribution in [0.1, 0.15) is 0 Å². The minimum absolute atomic E-state index is 0.374. The molecule has 1 heteroatoms. The summed E-state index contributed by atoms with van der Waals surface area (Å²) in [6, 6.07) is 9.55. The lowest BCUT2D eigenvalue weighted by Crippen LogP contribution is -1.92. The monoisotopic (exact) mass is 182 g/mol. The molecule has 1 nitrogen and oxygen atoms in total. The molecule has 0 atom stereocenters. The number of ether oxygens (including phenoxy) is 1. The van der Waals surface area contributed by atoms with Crippen molar-refractivity contribution in [1.29, 1.82) is 0 Å². The van der Waals surface area contributed by atoms with Gasteiger partial charge in [-0.25, -0.2) is 0 Å². The highest BCUT2D eigenvalue weighted by Crippen LogP contribution is 2.07. The van der Waals surface area contributed by atoms with E-state index in [1.54, 1.807) is 12.2 Å². The van der Waals surface area contributed by atoms with E-state index in [0.717, 1.165) is 5.75 Å². The van der Waals surface area contributed by atoms with E-state index in [1.807, 2.05) is 30.3 Å². The number of hydrogen-bond acceptors (Lipinski definition) is 1. The molecule has 0 fully saturated rings. The van der Waals surface area contributed by atoms with Crippen LogP contribution >= 0.6 is 0 Å². The molecule has 14 heavy (non-hydrogen) atoms. The van der Waals surface area contributed by atoms with Gasteiger partial charge in [-0.05, 0) is 24.3 Å². The summed E-state index contributed by atoms with van der Waals surface area (Å²) in [5.41, 5.74) is 0. The van der Waals surface area contributed by atoms with Crippen molar-refractivity contribution in [2.24, 2.45) is 0 Å². The molecule has 0 aromatic heterocycles. The molecule has 1 rings (SSSR count). The third kappa shape index (κ3) is 4.04. The molecular formula is C13H10O. The molecule has 0 spiro atoms. The van der Waals surface area contributed by atoms with Crippen molar-refractivity contribution >= 4 is 0 Å². The standard InChI is InChI=1S/C13H10O/c1-2-3-4-5-9-12-14-13-10-7-6-8-11-13/h1,3-4,6-8,10-11H,12H2/b4-3+. The lowest BCUT2D eigenvalue weighted by atomic mass is 10.3. The highest BCUT2D eigenvalue weighted by atomic mass is 16.5. The molecule has 68 valence electrons. The van der Waals surface area contributed by atoms with E-state index in [2.05, 4.69) is 17.8 Å². The van der Waals surface area contributed by atoms with Gasteiger partial charge in [0, 0.05) is 0 Å². The fourth-order valence-electron chi connectivity index (χ4n) is 0.827. The van der Waals surface area contributed by atoms with Crippen molar-refractivity contribution in [3.63, 3.8) is 0 Å². The number of para-hydroxylation sites is 1. The van der Waals surface area contributed by atoms with Crippen LogP contribution in [-0.4, -0.2) is 6.61 Å². The Labute approximate surface area is 84.4 Å². The minimum atomic E-state index is 0.374. The summed E-state index contributed by atoms with van der Waals surface area (Å²) in [5.74, 6) is 8.75. The molecule has 0 unspecified atom stereocenters. The molecule has 0 bridgehead atoms.